The van der Waals surface area contributed by atoms with Crippen molar-refractivity contribution < 1.29 is 13.9 Å². The number of para-hydroxylation sites is 1. The molecule has 0 fully saturated rings. The van der Waals surface area contributed by atoms with Crippen molar-refractivity contribution in [1.82, 2.24) is 10.2 Å². The van der Waals surface area contributed by atoms with Gasteiger partial charge in [0, 0.05) is 5.92 Å². The molecule has 2 aromatic carbocycles. The molecule has 3 rings (SSSR count). The van der Waals surface area contributed by atoms with Gasteiger partial charge in [-0.3, -0.25) is 10.1 Å². The Morgan fingerprint density at radius 3 is 2.54 bits per heavy atom. The van der Waals surface area contributed by atoms with E-state index in [4.69, 9.17) is 4.74 Å². The van der Waals surface area contributed by atoms with Gasteiger partial charge in [-0.2, -0.15) is 0 Å². The fourth-order valence-electron chi connectivity index (χ4n) is 2.77. The summed E-state index contributed by atoms with van der Waals surface area (Å²) in [5.74, 6) is 0.207. The Morgan fingerprint density at radius 1 is 1.11 bits per heavy atom. The second-order valence-electron chi connectivity index (χ2n) is 6.32. The number of anilines is 1. The van der Waals surface area contributed by atoms with Gasteiger partial charge in [-0.1, -0.05) is 49.4 Å². The molecule has 1 N–H and O–H groups in total. The topological polar surface area (TPSA) is 64.1 Å². The molecule has 0 saturated heterocycles. The van der Waals surface area contributed by atoms with E-state index in [1.807, 2.05) is 0 Å². The third kappa shape index (κ3) is 4.92. The van der Waals surface area contributed by atoms with E-state index in [0.717, 1.165) is 23.4 Å². The summed E-state index contributed by atoms with van der Waals surface area (Å²) in [4.78, 5) is 12.7. The van der Waals surface area contributed by atoms with Crippen LogP contribution in [0.15, 0.2) is 48.5 Å². The molecule has 0 bridgehead atoms. The van der Waals surface area contributed by atoms with Gasteiger partial charge >= 0.3 is 0 Å². The molecule has 1 heterocycles. The van der Waals surface area contributed by atoms with E-state index in [1.54, 1.807) is 36.4 Å². The quantitative estimate of drug-likeness (QED) is 0.550. The Morgan fingerprint density at radius 2 is 1.82 bits per heavy atom. The highest BCUT2D eigenvalue weighted by atomic mass is 32.1. The van der Waals surface area contributed by atoms with Crippen LogP contribution in [0.4, 0.5) is 9.52 Å². The van der Waals surface area contributed by atoms with E-state index < -0.39 is 0 Å². The molecule has 0 saturated carbocycles. The van der Waals surface area contributed by atoms with E-state index in [9.17, 15) is 9.18 Å². The molecule has 146 valence electrons. The van der Waals surface area contributed by atoms with Crippen molar-refractivity contribution >= 4 is 22.4 Å². The largest absolute Gasteiger partial charge is 0.488 e. The summed E-state index contributed by atoms with van der Waals surface area (Å²) >= 11 is 1.40. The first kappa shape index (κ1) is 19.9. The molecule has 0 atom stereocenters. The van der Waals surface area contributed by atoms with Crippen LogP contribution < -0.4 is 10.1 Å². The van der Waals surface area contributed by atoms with Crippen LogP contribution in [0.25, 0.3) is 0 Å². The average molecular weight is 399 g/mol. The number of rotatable bonds is 8. The fraction of sp³-hybridized carbons (Fsp3) is 0.286. The molecule has 0 spiro atoms. The van der Waals surface area contributed by atoms with E-state index in [0.29, 0.717) is 22.4 Å². The lowest BCUT2D eigenvalue weighted by atomic mass is 10.1. The zero-order valence-corrected chi connectivity index (χ0v) is 16.6. The van der Waals surface area contributed by atoms with Crippen molar-refractivity contribution in [2.45, 2.75) is 39.2 Å². The van der Waals surface area contributed by atoms with Gasteiger partial charge in [-0.25, -0.2) is 4.39 Å². The molecule has 0 aliphatic heterocycles. The minimum atomic E-state index is -0.304. The molecule has 3 aromatic rings. The standard InChI is InChI=1S/C21H22FN3O2S/c1-3-15(4-2)20-24-25-21(28-20)23-19(26)17-7-5-6-8-18(17)27-13-14-9-11-16(22)12-10-14/h5-12,15H,3-4,13H2,1-2H3,(H,23,25,26). The van der Waals surface area contributed by atoms with Gasteiger partial charge in [0.15, 0.2) is 0 Å². The monoisotopic (exact) mass is 399 g/mol. The van der Waals surface area contributed by atoms with Crippen molar-refractivity contribution in [3.63, 3.8) is 0 Å². The highest BCUT2D eigenvalue weighted by Crippen LogP contribution is 2.29. The average Bonchev–Trinajstić information content (AvgIpc) is 3.17. The number of aromatic nitrogens is 2. The Bertz CT molecular complexity index is 923. The lowest BCUT2D eigenvalue weighted by Crippen LogP contribution is -2.13. The fourth-order valence-corrected chi connectivity index (χ4v) is 3.78. The minimum absolute atomic E-state index is 0.238. The number of carbonyl (C=O) groups is 1. The van der Waals surface area contributed by atoms with Crippen LogP contribution in [0.2, 0.25) is 0 Å². The van der Waals surface area contributed by atoms with Crippen molar-refractivity contribution in [2.24, 2.45) is 0 Å². The van der Waals surface area contributed by atoms with Crippen molar-refractivity contribution in [3.8, 4) is 5.75 Å². The summed E-state index contributed by atoms with van der Waals surface area (Å²) in [5, 5.41) is 12.5. The zero-order chi connectivity index (χ0) is 19.9. The van der Waals surface area contributed by atoms with Crippen molar-refractivity contribution in [1.29, 1.82) is 0 Å². The number of hydrogen-bond acceptors (Lipinski definition) is 5. The van der Waals surface area contributed by atoms with Crippen molar-refractivity contribution in [3.05, 3.63) is 70.5 Å². The maximum Gasteiger partial charge on any atom is 0.261 e. The number of ether oxygens (including phenoxy) is 1. The van der Waals surface area contributed by atoms with Crippen LogP contribution in [-0.2, 0) is 6.61 Å². The van der Waals surface area contributed by atoms with Crippen LogP contribution >= 0.6 is 11.3 Å². The number of nitrogens with one attached hydrogen (secondary N) is 1. The van der Waals surface area contributed by atoms with E-state index in [-0.39, 0.29) is 18.3 Å². The molecule has 0 unspecified atom stereocenters. The summed E-state index contributed by atoms with van der Waals surface area (Å²) in [6.45, 7) is 4.47. The van der Waals surface area contributed by atoms with Gasteiger partial charge < -0.3 is 4.74 Å². The Kier molecular flexibility index (Phi) is 6.71. The minimum Gasteiger partial charge on any atom is -0.488 e. The third-order valence-electron chi connectivity index (χ3n) is 4.44. The number of nitrogens with zero attached hydrogens (tertiary/aromatic N) is 2. The molecule has 1 aromatic heterocycles. The van der Waals surface area contributed by atoms with E-state index in [1.165, 1.54) is 23.5 Å². The molecule has 0 aliphatic carbocycles. The maximum atomic E-state index is 13.0. The van der Waals surface area contributed by atoms with Crippen LogP contribution in [-0.4, -0.2) is 16.1 Å². The second-order valence-corrected chi connectivity index (χ2v) is 7.33. The summed E-state index contributed by atoms with van der Waals surface area (Å²) in [6.07, 6.45) is 1.97. The smallest absolute Gasteiger partial charge is 0.261 e. The predicted molar refractivity (Wildman–Crippen MR) is 108 cm³/mol. The van der Waals surface area contributed by atoms with Gasteiger partial charge in [0.25, 0.3) is 5.91 Å². The van der Waals surface area contributed by atoms with E-state index >= 15 is 0 Å². The Hall–Kier alpha value is -2.80. The molecular weight excluding hydrogens is 377 g/mol. The SMILES string of the molecule is CCC(CC)c1nnc(NC(=O)c2ccccc2OCc2ccc(F)cc2)s1. The van der Waals surface area contributed by atoms with Crippen molar-refractivity contribution in [2.75, 3.05) is 5.32 Å². The first-order valence-electron chi connectivity index (χ1n) is 9.21. The number of carbonyl (C=O) groups excluding carboxylic acids is 1. The molecule has 0 aliphatic rings. The second kappa shape index (κ2) is 9.41. The van der Waals surface area contributed by atoms with Gasteiger partial charge in [0.1, 0.15) is 23.2 Å². The third-order valence-corrected chi connectivity index (χ3v) is 5.44. The maximum absolute atomic E-state index is 13.0. The van der Waals surface area contributed by atoms with Gasteiger partial charge in [0.2, 0.25) is 5.13 Å². The normalized spacial score (nSPS) is 10.9. The van der Waals surface area contributed by atoms with E-state index in [2.05, 4.69) is 29.4 Å². The summed E-state index contributed by atoms with van der Waals surface area (Å²) < 4.78 is 18.8. The Balaban J connectivity index is 1.69. The predicted octanol–water partition coefficient (Wildman–Crippen LogP) is 5.41. The van der Waals surface area contributed by atoms with Crippen LogP contribution in [0.5, 0.6) is 5.75 Å². The number of hydrogen-bond donors (Lipinski definition) is 1. The molecule has 28 heavy (non-hydrogen) atoms. The highest BCUT2D eigenvalue weighted by Gasteiger charge is 2.17. The lowest BCUT2D eigenvalue weighted by Gasteiger charge is -2.11. The molecule has 1 amide bonds. The van der Waals surface area contributed by atoms with Gasteiger partial charge in [-0.15, -0.1) is 10.2 Å². The first-order valence-corrected chi connectivity index (χ1v) is 10.0. The summed E-state index contributed by atoms with van der Waals surface area (Å²) in [7, 11) is 0. The molecular formula is C21H22FN3O2S. The number of amides is 1. The summed E-state index contributed by atoms with van der Waals surface area (Å²) in [5.41, 5.74) is 1.22. The lowest BCUT2D eigenvalue weighted by molar-refractivity contribution is 0.102. The molecule has 7 heteroatoms. The first-order chi connectivity index (χ1) is 13.6. The van der Waals surface area contributed by atoms with Crippen LogP contribution in [0.1, 0.15) is 53.5 Å². The summed E-state index contributed by atoms with van der Waals surface area (Å²) in [6, 6.07) is 13.1. The zero-order valence-electron chi connectivity index (χ0n) is 15.8. The number of halogens is 1. The molecule has 0 radical (unpaired) electrons. The van der Waals surface area contributed by atoms with Crippen LogP contribution in [0.3, 0.4) is 0 Å². The highest BCUT2D eigenvalue weighted by molar-refractivity contribution is 7.15. The van der Waals surface area contributed by atoms with Crippen LogP contribution in [0, 0.1) is 5.82 Å². The Labute approximate surface area is 167 Å². The van der Waals surface area contributed by atoms with Gasteiger partial charge in [0.05, 0.1) is 5.56 Å². The van der Waals surface area contributed by atoms with Gasteiger partial charge in [-0.05, 0) is 42.7 Å². The molecule has 5 nitrogen and oxygen atoms in total. The number of benzene rings is 2.